The zero-order chi connectivity index (χ0) is 19.4. The van der Waals surface area contributed by atoms with Crippen LogP contribution in [0.15, 0.2) is 61.2 Å². The highest BCUT2D eigenvalue weighted by Crippen LogP contribution is 2.28. The average molecular weight is 485 g/mol. The van der Waals surface area contributed by atoms with E-state index in [1.807, 2.05) is 0 Å². The molecule has 0 saturated heterocycles. The molecular formula is C18H11F3IN3O2. The van der Waals surface area contributed by atoms with Gasteiger partial charge in [0, 0.05) is 29.2 Å². The molecular weight excluding hydrogens is 474 g/mol. The molecule has 1 heterocycles. The van der Waals surface area contributed by atoms with Gasteiger partial charge in [-0.15, -0.1) is 0 Å². The molecule has 0 spiro atoms. The summed E-state index contributed by atoms with van der Waals surface area (Å²) < 4.78 is 41.4. The molecule has 138 valence electrons. The van der Waals surface area contributed by atoms with Crippen molar-refractivity contribution in [3.63, 3.8) is 0 Å². The number of rotatable bonds is 5. The molecule has 0 aliphatic rings. The van der Waals surface area contributed by atoms with E-state index in [1.54, 1.807) is 6.07 Å². The maximum Gasteiger partial charge on any atom is 0.451 e. The first-order valence-electron chi connectivity index (χ1n) is 7.54. The van der Waals surface area contributed by atoms with E-state index >= 15 is 0 Å². The Labute approximate surface area is 165 Å². The van der Waals surface area contributed by atoms with Gasteiger partial charge in [0.05, 0.1) is 28.2 Å². The molecule has 1 aromatic heterocycles. The molecule has 0 atom stereocenters. The highest BCUT2D eigenvalue weighted by molar-refractivity contribution is 14.1. The lowest BCUT2D eigenvalue weighted by Gasteiger charge is -2.12. The molecule has 0 saturated carbocycles. The number of nitrogens with one attached hydrogen (secondary N) is 1. The van der Waals surface area contributed by atoms with Gasteiger partial charge in [-0.25, -0.2) is 14.4 Å². The third kappa shape index (κ3) is 4.94. The van der Waals surface area contributed by atoms with Crippen molar-refractivity contribution in [1.29, 1.82) is 0 Å². The van der Waals surface area contributed by atoms with Crippen LogP contribution in [0.2, 0.25) is 0 Å². The number of alkyl halides is 3. The van der Waals surface area contributed by atoms with Crippen LogP contribution in [0.3, 0.4) is 0 Å². The summed E-state index contributed by atoms with van der Waals surface area (Å²) in [5.41, 5.74) is 0.759. The second-order valence-corrected chi connectivity index (χ2v) is 6.58. The van der Waals surface area contributed by atoms with Gasteiger partial charge < -0.3 is 10.1 Å². The number of benzene rings is 2. The number of hydrogen-bond donors (Lipinski definition) is 1. The van der Waals surface area contributed by atoms with Gasteiger partial charge in [0.25, 0.3) is 5.91 Å². The van der Waals surface area contributed by atoms with Gasteiger partial charge in [-0.1, -0.05) is 12.1 Å². The van der Waals surface area contributed by atoms with E-state index in [1.165, 1.54) is 55.1 Å². The van der Waals surface area contributed by atoms with Gasteiger partial charge in [-0.05, 0) is 30.3 Å². The SMILES string of the molecule is O=C(Nc1ccc(OC(F)(F)I)cc1)c1cccc(-c2cncnc2)c1F. The van der Waals surface area contributed by atoms with Gasteiger partial charge in [0.1, 0.15) is 17.9 Å². The average Bonchev–Trinajstić information content (AvgIpc) is 2.63. The molecule has 0 aliphatic carbocycles. The smallest absolute Gasteiger partial charge is 0.425 e. The molecule has 27 heavy (non-hydrogen) atoms. The highest BCUT2D eigenvalue weighted by atomic mass is 127. The van der Waals surface area contributed by atoms with E-state index < -0.39 is 15.8 Å². The molecule has 3 aromatic rings. The van der Waals surface area contributed by atoms with E-state index in [0.29, 0.717) is 11.3 Å². The van der Waals surface area contributed by atoms with Crippen molar-refractivity contribution in [2.45, 2.75) is 4.12 Å². The fourth-order valence-electron chi connectivity index (χ4n) is 2.31. The molecule has 3 rings (SSSR count). The lowest BCUT2D eigenvalue weighted by Crippen LogP contribution is -2.15. The standard InChI is InChI=1S/C18H11F3IN3O2/c19-16-14(11-8-23-10-24-9-11)2-1-3-15(16)17(26)25-12-4-6-13(7-5-12)27-18(20,21)22/h1-10H,(H,25,26). The van der Waals surface area contributed by atoms with E-state index in [9.17, 15) is 18.0 Å². The van der Waals surface area contributed by atoms with Gasteiger partial charge in [-0.2, -0.15) is 8.78 Å². The number of anilines is 1. The Morgan fingerprint density at radius 1 is 1.07 bits per heavy atom. The Bertz CT molecular complexity index is 948. The number of carbonyl (C=O) groups excluding carboxylic acids is 1. The van der Waals surface area contributed by atoms with Crippen LogP contribution in [0.1, 0.15) is 10.4 Å². The molecule has 2 aromatic carbocycles. The van der Waals surface area contributed by atoms with Crippen LogP contribution in [0.25, 0.3) is 11.1 Å². The summed E-state index contributed by atoms with van der Waals surface area (Å²) >= 11 is 0.852. The van der Waals surface area contributed by atoms with Gasteiger partial charge in [0.15, 0.2) is 0 Å². The number of aromatic nitrogens is 2. The second kappa shape index (κ2) is 7.91. The molecule has 0 fully saturated rings. The summed E-state index contributed by atoms with van der Waals surface area (Å²) in [6, 6.07) is 9.70. The van der Waals surface area contributed by atoms with Crippen molar-refractivity contribution >= 4 is 34.2 Å². The zero-order valence-electron chi connectivity index (χ0n) is 13.5. The Morgan fingerprint density at radius 3 is 2.37 bits per heavy atom. The summed E-state index contributed by atoms with van der Waals surface area (Å²) in [4.78, 5) is 20.1. The van der Waals surface area contributed by atoms with Crippen LogP contribution < -0.4 is 10.1 Å². The normalized spacial score (nSPS) is 11.1. The molecule has 5 nitrogen and oxygen atoms in total. The minimum atomic E-state index is -3.34. The van der Waals surface area contributed by atoms with Crippen molar-refractivity contribution in [1.82, 2.24) is 9.97 Å². The topological polar surface area (TPSA) is 64.1 Å². The van der Waals surface area contributed by atoms with Crippen LogP contribution in [-0.4, -0.2) is 20.0 Å². The largest absolute Gasteiger partial charge is 0.451 e. The van der Waals surface area contributed by atoms with E-state index in [2.05, 4.69) is 20.0 Å². The van der Waals surface area contributed by atoms with Crippen molar-refractivity contribution in [2.75, 3.05) is 5.32 Å². The molecule has 1 N–H and O–H groups in total. The molecule has 9 heteroatoms. The van der Waals surface area contributed by atoms with E-state index in [-0.39, 0.29) is 16.9 Å². The molecule has 0 bridgehead atoms. The molecule has 1 amide bonds. The monoisotopic (exact) mass is 485 g/mol. The summed E-state index contributed by atoms with van der Waals surface area (Å²) in [5.74, 6) is -1.46. The lowest BCUT2D eigenvalue weighted by molar-refractivity contribution is -0.0691. The summed E-state index contributed by atoms with van der Waals surface area (Å²) in [6.45, 7) is 0. The number of amides is 1. The number of hydrogen-bond acceptors (Lipinski definition) is 4. The Hall–Kier alpha value is -2.69. The summed E-state index contributed by atoms with van der Waals surface area (Å²) in [6.07, 6.45) is 4.20. The van der Waals surface area contributed by atoms with Crippen LogP contribution in [0.4, 0.5) is 18.9 Å². The number of ether oxygens (including phenoxy) is 1. The van der Waals surface area contributed by atoms with Crippen LogP contribution in [0.5, 0.6) is 5.75 Å². The van der Waals surface area contributed by atoms with E-state index in [0.717, 1.165) is 22.6 Å². The minimum absolute atomic E-state index is 0.0651. The predicted octanol–water partition coefficient (Wildman–Crippen LogP) is 4.90. The fraction of sp³-hybridized carbons (Fsp3) is 0.0556. The van der Waals surface area contributed by atoms with Crippen molar-refractivity contribution in [2.24, 2.45) is 0 Å². The molecule has 0 aliphatic heterocycles. The maximum absolute atomic E-state index is 14.7. The Balaban J connectivity index is 1.79. The number of nitrogens with zero attached hydrogens (tertiary/aromatic N) is 2. The third-order valence-electron chi connectivity index (χ3n) is 3.46. The van der Waals surface area contributed by atoms with Crippen molar-refractivity contribution < 1.29 is 22.7 Å². The maximum atomic E-state index is 14.7. The van der Waals surface area contributed by atoms with Gasteiger partial charge >= 0.3 is 4.12 Å². The Kier molecular flexibility index (Phi) is 5.59. The molecule has 0 radical (unpaired) electrons. The minimum Gasteiger partial charge on any atom is -0.425 e. The lowest BCUT2D eigenvalue weighted by atomic mass is 10.0. The second-order valence-electron chi connectivity index (χ2n) is 5.32. The first-order valence-corrected chi connectivity index (χ1v) is 8.62. The molecule has 0 unspecified atom stereocenters. The van der Waals surface area contributed by atoms with Crippen molar-refractivity contribution in [3.05, 3.63) is 72.6 Å². The van der Waals surface area contributed by atoms with Gasteiger partial charge in [0.2, 0.25) is 0 Å². The van der Waals surface area contributed by atoms with Crippen LogP contribution in [0, 0.1) is 5.82 Å². The van der Waals surface area contributed by atoms with Crippen LogP contribution >= 0.6 is 22.6 Å². The summed E-state index contributed by atoms with van der Waals surface area (Å²) in [5, 5.41) is 2.51. The fourth-order valence-corrected chi connectivity index (χ4v) is 2.56. The van der Waals surface area contributed by atoms with Crippen molar-refractivity contribution in [3.8, 4) is 16.9 Å². The van der Waals surface area contributed by atoms with E-state index in [4.69, 9.17) is 0 Å². The zero-order valence-corrected chi connectivity index (χ0v) is 15.7. The predicted molar refractivity (Wildman–Crippen MR) is 101 cm³/mol. The number of carbonyl (C=O) groups is 1. The first-order chi connectivity index (χ1) is 12.8. The highest BCUT2D eigenvalue weighted by Gasteiger charge is 2.26. The Morgan fingerprint density at radius 2 is 1.74 bits per heavy atom. The summed E-state index contributed by atoms with van der Waals surface area (Å²) in [7, 11) is 0. The first kappa shape index (κ1) is 19.1. The number of halogens is 4. The van der Waals surface area contributed by atoms with Gasteiger partial charge in [-0.3, -0.25) is 4.79 Å². The quantitative estimate of drug-likeness (QED) is 0.413. The van der Waals surface area contributed by atoms with Crippen LogP contribution in [-0.2, 0) is 0 Å². The third-order valence-corrected chi connectivity index (χ3v) is 3.68.